The van der Waals surface area contributed by atoms with Crippen LogP contribution in [0.2, 0.25) is 0 Å². The van der Waals surface area contributed by atoms with Crippen LogP contribution in [0.5, 0.6) is 0 Å². The number of alkyl halides is 1. The summed E-state index contributed by atoms with van der Waals surface area (Å²) in [7, 11) is 1.77. The second-order valence-corrected chi connectivity index (χ2v) is 6.67. The first-order valence-corrected chi connectivity index (χ1v) is 8.86. The Morgan fingerprint density at radius 1 is 1.32 bits per heavy atom. The highest BCUT2D eigenvalue weighted by Gasteiger charge is 2.31. The summed E-state index contributed by atoms with van der Waals surface area (Å²) in [5.74, 6) is 0.604. The Bertz CT molecular complexity index is 607. The molecule has 0 saturated carbocycles. The predicted octanol–water partition coefficient (Wildman–Crippen LogP) is 1.15. The molecule has 0 aromatic carbocycles. The van der Waals surface area contributed by atoms with E-state index in [-0.39, 0.29) is 24.6 Å². The minimum absolute atomic E-state index is 0.0655. The number of halogens is 1. The van der Waals surface area contributed by atoms with Crippen molar-refractivity contribution in [3.05, 3.63) is 17.6 Å². The molecule has 1 aromatic heterocycles. The molecule has 2 aliphatic heterocycles. The summed E-state index contributed by atoms with van der Waals surface area (Å²) in [6.07, 6.45) is 2.80. The van der Waals surface area contributed by atoms with Crippen molar-refractivity contribution in [2.45, 2.75) is 44.4 Å². The van der Waals surface area contributed by atoms with Gasteiger partial charge < -0.3 is 20.3 Å². The fourth-order valence-corrected chi connectivity index (χ4v) is 3.51. The van der Waals surface area contributed by atoms with Gasteiger partial charge in [0.05, 0.1) is 6.61 Å². The molecule has 0 unspecified atom stereocenters. The van der Waals surface area contributed by atoms with Gasteiger partial charge in [-0.05, 0) is 26.2 Å². The van der Waals surface area contributed by atoms with E-state index in [0.717, 1.165) is 18.4 Å². The largest absolute Gasteiger partial charge is 0.378 e. The molecule has 25 heavy (non-hydrogen) atoms. The third-order valence-corrected chi connectivity index (χ3v) is 5.04. The molecule has 8 heteroatoms. The highest BCUT2D eigenvalue weighted by atomic mass is 19.1. The van der Waals surface area contributed by atoms with E-state index >= 15 is 0 Å². The summed E-state index contributed by atoms with van der Waals surface area (Å²) in [5.41, 5.74) is 1.21. The minimum Gasteiger partial charge on any atom is -0.378 e. The van der Waals surface area contributed by atoms with Gasteiger partial charge in [0.15, 0.2) is 0 Å². The van der Waals surface area contributed by atoms with Gasteiger partial charge >= 0.3 is 0 Å². The second kappa shape index (κ2) is 8.05. The number of likely N-dealkylation sites (tertiary alicyclic amines) is 1. The Morgan fingerprint density at radius 2 is 2.08 bits per heavy atom. The normalized spacial score (nSPS) is 25.0. The summed E-state index contributed by atoms with van der Waals surface area (Å²) in [5, 5.41) is 6.38. The molecule has 3 rings (SSSR count). The van der Waals surface area contributed by atoms with Crippen molar-refractivity contribution in [2.24, 2.45) is 0 Å². The van der Waals surface area contributed by atoms with Gasteiger partial charge in [-0.15, -0.1) is 0 Å². The first-order valence-electron chi connectivity index (χ1n) is 8.86. The molecule has 0 radical (unpaired) electrons. The number of anilines is 1. The number of carbonyl (C=O) groups is 1. The summed E-state index contributed by atoms with van der Waals surface area (Å²) in [6.45, 7) is 3.93. The molecule has 3 heterocycles. The Kier molecular flexibility index (Phi) is 5.80. The Labute approximate surface area is 147 Å². The van der Waals surface area contributed by atoms with Crippen LogP contribution in [-0.2, 0) is 4.74 Å². The van der Waals surface area contributed by atoms with Crippen molar-refractivity contribution in [2.75, 3.05) is 38.7 Å². The van der Waals surface area contributed by atoms with Crippen LogP contribution in [-0.4, -0.2) is 72.4 Å². The van der Waals surface area contributed by atoms with Crippen molar-refractivity contribution in [1.82, 2.24) is 20.2 Å². The molecule has 2 saturated heterocycles. The summed E-state index contributed by atoms with van der Waals surface area (Å²) < 4.78 is 19.0. The maximum atomic E-state index is 13.9. The molecule has 2 aliphatic rings. The van der Waals surface area contributed by atoms with Crippen LogP contribution in [0.15, 0.2) is 6.33 Å². The molecule has 0 aliphatic carbocycles. The average molecular weight is 351 g/mol. The SMILES string of the molecule is CNc1ncnc(C(=O)N2CCC(N[C@H]3CCOC[C@H]3F)CC2)c1C. The molecule has 138 valence electrons. The zero-order chi connectivity index (χ0) is 17.8. The number of carbonyl (C=O) groups excluding carboxylic acids is 1. The van der Waals surface area contributed by atoms with Crippen LogP contribution < -0.4 is 10.6 Å². The van der Waals surface area contributed by atoms with Gasteiger partial charge in [-0.1, -0.05) is 0 Å². The molecule has 0 spiro atoms. The highest BCUT2D eigenvalue weighted by Crippen LogP contribution is 2.20. The molecule has 1 amide bonds. The number of amides is 1. The Morgan fingerprint density at radius 3 is 2.76 bits per heavy atom. The van der Waals surface area contributed by atoms with E-state index in [2.05, 4.69) is 20.6 Å². The topological polar surface area (TPSA) is 79.4 Å². The van der Waals surface area contributed by atoms with Crippen molar-refractivity contribution in [3.8, 4) is 0 Å². The number of aromatic nitrogens is 2. The third kappa shape index (κ3) is 4.07. The molecular formula is C17H26FN5O2. The first-order chi connectivity index (χ1) is 12.1. The molecule has 1 aromatic rings. The van der Waals surface area contributed by atoms with E-state index in [9.17, 15) is 9.18 Å². The van der Waals surface area contributed by atoms with Gasteiger partial charge in [-0.2, -0.15) is 0 Å². The number of nitrogens with one attached hydrogen (secondary N) is 2. The molecule has 7 nitrogen and oxygen atoms in total. The zero-order valence-corrected chi connectivity index (χ0v) is 14.8. The number of ether oxygens (including phenoxy) is 1. The summed E-state index contributed by atoms with van der Waals surface area (Å²) in [6, 6.07) is 0.105. The van der Waals surface area contributed by atoms with Crippen molar-refractivity contribution < 1.29 is 13.9 Å². The highest BCUT2D eigenvalue weighted by molar-refractivity contribution is 5.94. The van der Waals surface area contributed by atoms with E-state index in [4.69, 9.17) is 4.74 Å². The number of hydrogen-bond donors (Lipinski definition) is 2. The fourth-order valence-electron chi connectivity index (χ4n) is 3.51. The molecule has 2 fully saturated rings. The van der Waals surface area contributed by atoms with E-state index in [1.807, 2.05) is 11.8 Å². The zero-order valence-electron chi connectivity index (χ0n) is 14.8. The monoisotopic (exact) mass is 351 g/mol. The van der Waals surface area contributed by atoms with Crippen LogP contribution in [0.1, 0.15) is 35.3 Å². The van der Waals surface area contributed by atoms with Crippen molar-refractivity contribution >= 4 is 11.7 Å². The number of nitrogens with zero attached hydrogens (tertiary/aromatic N) is 3. The number of hydrogen-bond acceptors (Lipinski definition) is 6. The van der Waals surface area contributed by atoms with Crippen molar-refractivity contribution in [3.63, 3.8) is 0 Å². The van der Waals surface area contributed by atoms with Crippen LogP contribution in [0.3, 0.4) is 0 Å². The lowest BCUT2D eigenvalue weighted by atomic mass is 10.00. The van der Waals surface area contributed by atoms with Gasteiger partial charge in [0, 0.05) is 44.4 Å². The molecular weight excluding hydrogens is 325 g/mol. The lowest BCUT2D eigenvalue weighted by Crippen LogP contribution is -2.52. The van der Waals surface area contributed by atoms with Crippen LogP contribution in [0.25, 0.3) is 0 Å². The average Bonchev–Trinajstić information content (AvgIpc) is 2.64. The van der Waals surface area contributed by atoms with Crippen LogP contribution in [0.4, 0.5) is 10.2 Å². The van der Waals surface area contributed by atoms with E-state index in [1.165, 1.54) is 6.33 Å². The quantitative estimate of drug-likeness (QED) is 0.847. The number of rotatable bonds is 4. The Balaban J connectivity index is 1.56. The first kappa shape index (κ1) is 18.0. The third-order valence-electron chi connectivity index (χ3n) is 5.04. The van der Waals surface area contributed by atoms with E-state index in [1.54, 1.807) is 7.05 Å². The van der Waals surface area contributed by atoms with E-state index in [0.29, 0.717) is 37.6 Å². The lowest BCUT2D eigenvalue weighted by Gasteiger charge is -2.36. The maximum absolute atomic E-state index is 13.9. The van der Waals surface area contributed by atoms with E-state index < -0.39 is 6.17 Å². The van der Waals surface area contributed by atoms with Gasteiger partial charge in [0.2, 0.25) is 0 Å². The van der Waals surface area contributed by atoms with Crippen LogP contribution in [0, 0.1) is 6.92 Å². The lowest BCUT2D eigenvalue weighted by molar-refractivity contribution is 0.00840. The predicted molar refractivity (Wildman–Crippen MR) is 92.5 cm³/mol. The summed E-state index contributed by atoms with van der Waals surface area (Å²) >= 11 is 0. The van der Waals surface area contributed by atoms with Crippen LogP contribution >= 0.6 is 0 Å². The minimum atomic E-state index is -0.947. The standard InChI is InChI=1S/C17H26FN5O2/c1-11-15(20-10-21-16(11)19-2)17(24)23-6-3-12(4-7-23)22-14-5-8-25-9-13(14)18/h10,12-14,22H,3-9H2,1-2H3,(H,19,20,21)/t13-,14+/m1/s1. The molecule has 0 bridgehead atoms. The second-order valence-electron chi connectivity index (χ2n) is 6.67. The maximum Gasteiger partial charge on any atom is 0.272 e. The molecule has 2 N–H and O–H groups in total. The smallest absolute Gasteiger partial charge is 0.272 e. The van der Waals surface area contributed by atoms with Gasteiger partial charge in [0.1, 0.15) is 24.0 Å². The fraction of sp³-hybridized carbons (Fsp3) is 0.706. The van der Waals surface area contributed by atoms with Gasteiger partial charge in [-0.25, -0.2) is 14.4 Å². The molecule has 2 atom stereocenters. The van der Waals surface area contributed by atoms with Gasteiger partial charge in [-0.3, -0.25) is 4.79 Å². The van der Waals surface area contributed by atoms with Gasteiger partial charge in [0.25, 0.3) is 5.91 Å². The summed E-state index contributed by atoms with van der Waals surface area (Å²) in [4.78, 5) is 22.9. The van der Waals surface area contributed by atoms with Crippen molar-refractivity contribution in [1.29, 1.82) is 0 Å². The number of piperidine rings is 1. The Hall–Kier alpha value is -1.80.